The average Bonchev–Trinajstić information content (AvgIpc) is 2.61. The molecule has 84 valence electrons. The molecule has 1 atom stereocenters. The Morgan fingerprint density at radius 3 is 2.56 bits per heavy atom. The lowest BCUT2D eigenvalue weighted by Gasteiger charge is -2.12. The van der Waals surface area contributed by atoms with Gasteiger partial charge in [0.2, 0.25) is 0 Å². The van der Waals surface area contributed by atoms with Crippen LogP contribution in [0, 0.1) is 0 Å². The van der Waals surface area contributed by atoms with E-state index in [0.29, 0.717) is 11.0 Å². The van der Waals surface area contributed by atoms with Crippen LogP contribution in [0.25, 0.3) is 11.0 Å². The van der Waals surface area contributed by atoms with Crippen LogP contribution >= 0.6 is 0 Å². The Kier molecular flexibility index (Phi) is 2.46. The van der Waals surface area contributed by atoms with Crippen LogP contribution in [0.3, 0.4) is 0 Å². The molecule has 2 rings (SSSR count). The van der Waals surface area contributed by atoms with E-state index in [4.69, 9.17) is 4.42 Å². The molecule has 1 unspecified atom stereocenters. The van der Waals surface area contributed by atoms with E-state index < -0.39 is 12.1 Å². The summed E-state index contributed by atoms with van der Waals surface area (Å²) in [5.74, 6) is -2.13. The van der Waals surface area contributed by atoms with Gasteiger partial charge >= 0.3 is 6.18 Å². The molecule has 1 aromatic heterocycles. The molecular formula is C11H7F3O2. The number of hydrogen-bond acceptors (Lipinski definition) is 2. The zero-order valence-corrected chi connectivity index (χ0v) is 7.99. The van der Waals surface area contributed by atoms with Gasteiger partial charge in [-0.05, 0) is 6.07 Å². The molecule has 0 fully saturated rings. The van der Waals surface area contributed by atoms with Gasteiger partial charge in [0.05, 0.1) is 6.26 Å². The molecule has 16 heavy (non-hydrogen) atoms. The number of furan rings is 1. The molecule has 0 amide bonds. The first kappa shape index (κ1) is 10.7. The fourth-order valence-corrected chi connectivity index (χ4v) is 1.57. The normalized spacial score (nSPS) is 13.9. The first-order valence-electron chi connectivity index (χ1n) is 4.52. The second kappa shape index (κ2) is 3.66. The van der Waals surface area contributed by atoms with Gasteiger partial charge in [-0.3, -0.25) is 0 Å². The molecule has 2 nitrogen and oxygen atoms in total. The second-order valence-electron chi connectivity index (χ2n) is 3.34. The topological polar surface area (TPSA) is 30.2 Å². The van der Waals surface area contributed by atoms with Crippen molar-refractivity contribution in [2.75, 3.05) is 0 Å². The third kappa shape index (κ3) is 1.68. The summed E-state index contributed by atoms with van der Waals surface area (Å²) in [5.41, 5.74) is 0.201. The highest BCUT2D eigenvalue weighted by Crippen LogP contribution is 2.37. The Labute approximate surface area is 88.7 Å². The molecule has 0 saturated heterocycles. The molecule has 1 heterocycles. The number of alkyl halides is 3. The summed E-state index contributed by atoms with van der Waals surface area (Å²) < 4.78 is 42.6. The number of para-hydroxylation sites is 1. The van der Waals surface area contributed by atoms with Crippen LogP contribution in [0.15, 0.2) is 34.9 Å². The summed E-state index contributed by atoms with van der Waals surface area (Å²) in [5, 5.41) is 0.317. The molecule has 5 heteroatoms. The quantitative estimate of drug-likeness (QED) is 0.738. The van der Waals surface area contributed by atoms with E-state index >= 15 is 0 Å². The maximum Gasteiger partial charge on any atom is 0.402 e. The Hall–Kier alpha value is -1.78. The van der Waals surface area contributed by atoms with Gasteiger partial charge in [-0.1, -0.05) is 18.2 Å². The fraction of sp³-hybridized carbons (Fsp3) is 0.182. The maximum atomic E-state index is 12.5. The number of carbonyl (C=O) groups is 1. The Balaban J connectivity index is 2.58. The third-order valence-electron chi connectivity index (χ3n) is 2.33. The highest BCUT2D eigenvalue weighted by molar-refractivity contribution is 5.85. The summed E-state index contributed by atoms with van der Waals surface area (Å²) in [6.45, 7) is 0. The molecule has 0 aliphatic carbocycles. The minimum absolute atomic E-state index is 0.114. The van der Waals surface area contributed by atoms with Crippen LogP contribution in [0.1, 0.15) is 11.5 Å². The second-order valence-corrected chi connectivity index (χ2v) is 3.34. The standard InChI is InChI=1S/C11H7F3O2/c12-11(13,14)9(5-15)8-6-16-10-4-2-1-3-7(8)10/h1-6,9H. The third-order valence-corrected chi connectivity index (χ3v) is 2.33. The van der Waals surface area contributed by atoms with Crippen molar-refractivity contribution in [3.8, 4) is 0 Å². The lowest BCUT2D eigenvalue weighted by Crippen LogP contribution is -2.21. The number of fused-ring (bicyclic) bond motifs is 1. The lowest BCUT2D eigenvalue weighted by atomic mass is 10.00. The molecule has 0 bridgehead atoms. The van der Waals surface area contributed by atoms with Crippen molar-refractivity contribution in [2.24, 2.45) is 0 Å². The van der Waals surface area contributed by atoms with Crippen molar-refractivity contribution in [3.63, 3.8) is 0 Å². The van der Waals surface area contributed by atoms with Crippen LogP contribution in [0.2, 0.25) is 0 Å². The number of halogens is 3. The van der Waals surface area contributed by atoms with E-state index in [9.17, 15) is 18.0 Å². The summed E-state index contributed by atoms with van der Waals surface area (Å²) >= 11 is 0. The highest BCUT2D eigenvalue weighted by atomic mass is 19.4. The Bertz CT molecular complexity index is 513. The monoisotopic (exact) mass is 228 g/mol. The van der Waals surface area contributed by atoms with Gasteiger partial charge in [-0.25, -0.2) is 0 Å². The molecule has 1 aromatic carbocycles. The summed E-state index contributed by atoms with van der Waals surface area (Å²) in [4.78, 5) is 10.5. The maximum absolute atomic E-state index is 12.5. The van der Waals surface area contributed by atoms with Crippen LogP contribution in [0.5, 0.6) is 0 Å². The van der Waals surface area contributed by atoms with E-state index in [1.165, 1.54) is 6.07 Å². The molecule has 0 radical (unpaired) electrons. The highest BCUT2D eigenvalue weighted by Gasteiger charge is 2.42. The van der Waals surface area contributed by atoms with E-state index in [0.717, 1.165) is 6.26 Å². The number of carbonyl (C=O) groups excluding carboxylic acids is 1. The van der Waals surface area contributed by atoms with Crippen LogP contribution < -0.4 is 0 Å². The minimum Gasteiger partial charge on any atom is -0.464 e. The van der Waals surface area contributed by atoms with Gasteiger partial charge in [0.1, 0.15) is 17.8 Å². The molecule has 0 spiro atoms. The minimum atomic E-state index is -4.59. The largest absolute Gasteiger partial charge is 0.464 e. The number of benzene rings is 1. The van der Waals surface area contributed by atoms with Crippen molar-refractivity contribution < 1.29 is 22.4 Å². The van der Waals surface area contributed by atoms with Gasteiger partial charge in [0, 0.05) is 10.9 Å². The van der Waals surface area contributed by atoms with E-state index in [2.05, 4.69) is 0 Å². The van der Waals surface area contributed by atoms with Gasteiger partial charge in [0.25, 0.3) is 0 Å². The molecule has 2 aromatic rings. The van der Waals surface area contributed by atoms with Gasteiger partial charge < -0.3 is 9.21 Å². The SMILES string of the molecule is O=CC(c1coc2ccccc12)C(F)(F)F. The Morgan fingerprint density at radius 1 is 1.25 bits per heavy atom. The van der Waals surface area contributed by atoms with Crippen LogP contribution in [0.4, 0.5) is 13.2 Å². The van der Waals surface area contributed by atoms with Crippen molar-refractivity contribution in [2.45, 2.75) is 12.1 Å². The first-order chi connectivity index (χ1) is 7.54. The Morgan fingerprint density at radius 2 is 1.94 bits per heavy atom. The molecule has 0 saturated carbocycles. The van der Waals surface area contributed by atoms with Crippen molar-refractivity contribution >= 4 is 17.3 Å². The summed E-state index contributed by atoms with van der Waals surface area (Å²) in [6.07, 6.45) is -3.72. The van der Waals surface area contributed by atoms with Crippen LogP contribution in [-0.2, 0) is 4.79 Å². The van der Waals surface area contributed by atoms with Crippen molar-refractivity contribution in [1.82, 2.24) is 0 Å². The number of aldehydes is 1. The zero-order valence-electron chi connectivity index (χ0n) is 7.99. The first-order valence-corrected chi connectivity index (χ1v) is 4.52. The van der Waals surface area contributed by atoms with Gasteiger partial charge in [0.15, 0.2) is 0 Å². The molecule has 0 aliphatic heterocycles. The van der Waals surface area contributed by atoms with Gasteiger partial charge in [-0.2, -0.15) is 13.2 Å². The predicted octanol–water partition coefficient (Wildman–Crippen LogP) is 3.28. The fourth-order valence-electron chi connectivity index (χ4n) is 1.57. The zero-order chi connectivity index (χ0) is 11.8. The molecular weight excluding hydrogens is 221 g/mol. The summed E-state index contributed by atoms with van der Waals surface area (Å²) in [7, 11) is 0. The van der Waals surface area contributed by atoms with Gasteiger partial charge in [-0.15, -0.1) is 0 Å². The van der Waals surface area contributed by atoms with E-state index in [1.807, 2.05) is 0 Å². The summed E-state index contributed by atoms with van der Waals surface area (Å²) in [6, 6.07) is 6.30. The van der Waals surface area contributed by atoms with Crippen LogP contribution in [-0.4, -0.2) is 12.5 Å². The van der Waals surface area contributed by atoms with E-state index in [1.54, 1.807) is 18.2 Å². The lowest BCUT2D eigenvalue weighted by molar-refractivity contribution is -0.155. The van der Waals surface area contributed by atoms with Crippen molar-refractivity contribution in [1.29, 1.82) is 0 Å². The predicted molar refractivity (Wildman–Crippen MR) is 51.1 cm³/mol. The average molecular weight is 228 g/mol. The number of rotatable bonds is 2. The van der Waals surface area contributed by atoms with Crippen molar-refractivity contribution in [3.05, 3.63) is 36.1 Å². The molecule has 0 aliphatic rings. The number of hydrogen-bond donors (Lipinski definition) is 0. The molecule has 0 N–H and O–H groups in total. The van der Waals surface area contributed by atoms with E-state index in [-0.39, 0.29) is 11.8 Å². The smallest absolute Gasteiger partial charge is 0.402 e.